The van der Waals surface area contributed by atoms with E-state index in [-0.39, 0.29) is 17.7 Å². The molecule has 1 heterocycles. The van der Waals surface area contributed by atoms with Gasteiger partial charge in [0, 0.05) is 12.5 Å². The number of aliphatic hydroxyl groups is 3. The van der Waals surface area contributed by atoms with Crippen LogP contribution in [-0.2, 0) is 4.74 Å². The maximum Gasteiger partial charge on any atom is 0.342 e. The summed E-state index contributed by atoms with van der Waals surface area (Å²) >= 11 is 0. The van der Waals surface area contributed by atoms with E-state index in [1.165, 1.54) is 31.4 Å². The first-order valence-electron chi connectivity index (χ1n) is 8.32. The van der Waals surface area contributed by atoms with Crippen LogP contribution in [0.1, 0.15) is 35.7 Å². The van der Waals surface area contributed by atoms with E-state index in [1.54, 1.807) is 19.1 Å². The third kappa shape index (κ3) is 4.85. The van der Waals surface area contributed by atoms with Gasteiger partial charge in [0.1, 0.15) is 35.4 Å². The highest BCUT2D eigenvalue weighted by Crippen LogP contribution is 2.30. The van der Waals surface area contributed by atoms with Gasteiger partial charge >= 0.3 is 5.97 Å². The fourth-order valence-corrected chi connectivity index (χ4v) is 2.61. The topological polar surface area (TPSA) is 116 Å². The van der Waals surface area contributed by atoms with E-state index in [4.69, 9.17) is 9.47 Å². The number of fused-ring (bicyclic) bond motifs is 1. The zero-order valence-electron chi connectivity index (χ0n) is 14.7. The second-order valence-corrected chi connectivity index (χ2v) is 6.18. The Morgan fingerprint density at radius 3 is 2.58 bits per heavy atom. The second kappa shape index (κ2) is 8.84. The van der Waals surface area contributed by atoms with E-state index < -0.39 is 30.4 Å². The van der Waals surface area contributed by atoms with E-state index in [9.17, 15) is 25.2 Å². The lowest BCUT2D eigenvalue weighted by molar-refractivity contribution is -0.0394. The lowest BCUT2D eigenvalue weighted by Crippen LogP contribution is -2.35. The number of methoxy groups -OCH3 is 1. The fraction of sp³-hybridized carbons (Fsp3) is 0.421. The van der Waals surface area contributed by atoms with Crippen molar-refractivity contribution in [3.63, 3.8) is 0 Å². The first kappa shape index (κ1) is 20.0. The van der Waals surface area contributed by atoms with Gasteiger partial charge < -0.3 is 29.9 Å². The molecule has 1 aliphatic rings. The molecule has 0 saturated carbocycles. The molecule has 0 saturated heterocycles. The predicted molar refractivity (Wildman–Crippen MR) is 95.0 cm³/mol. The van der Waals surface area contributed by atoms with Gasteiger partial charge in [0.05, 0.1) is 13.2 Å². The molecule has 0 aromatic heterocycles. The summed E-state index contributed by atoms with van der Waals surface area (Å²) in [6.07, 6.45) is 2.00. The van der Waals surface area contributed by atoms with Crippen molar-refractivity contribution in [1.29, 1.82) is 0 Å². The summed E-state index contributed by atoms with van der Waals surface area (Å²) in [4.78, 5) is 12.5. The molecule has 4 N–H and O–H groups in total. The van der Waals surface area contributed by atoms with Crippen LogP contribution in [0.4, 0.5) is 0 Å². The maximum absolute atomic E-state index is 12.5. The summed E-state index contributed by atoms with van der Waals surface area (Å²) in [6, 6.07) is 2.87. The quantitative estimate of drug-likeness (QED) is 0.439. The average Bonchev–Trinajstić information content (AvgIpc) is 2.59. The third-order valence-electron chi connectivity index (χ3n) is 4.09. The second-order valence-electron chi connectivity index (χ2n) is 6.18. The van der Waals surface area contributed by atoms with Crippen LogP contribution in [0.2, 0.25) is 0 Å². The van der Waals surface area contributed by atoms with Crippen molar-refractivity contribution in [1.82, 2.24) is 0 Å². The monoisotopic (exact) mass is 364 g/mol. The van der Waals surface area contributed by atoms with Gasteiger partial charge in [0.25, 0.3) is 0 Å². The summed E-state index contributed by atoms with van der Waals surface area (Å²) in [5, 5.41) is 40.0. The number of hydrogen-bond acceptors (Lipinski definition) is 7. The van der Waals surface area contributed by atoms with Crippen molar-refractivity contribution in [2.75, 3.05) is 7.11 Å². The fourth-order valence-electron chi connectivity index (χ4n) is 2.61. The van der Waals surface area contributed by atoms with E-state index in [2.05, 4.69) is 0 Å². The van der Waals surface area contributed by atoms with Crippen molar-refractivity contribution in [3.8, 4) is 11.5 Å². The minimum Gasteiger partial charge on any atom is -0.507 e. The predicted octanol–water partition coefficient (Wildman–Crippen LogP) is 1.39. The largest absolute Gasteiger partial charge is 0.507 e. The van der Waals surface area contributed by atoms with Gasteiger partial charge in [-0.25, -0.2) is 4.79 Å². The Labute approximate surface area is 151 Å². The van der Waals surface area contributed by atoms with E-state index in [0.29, 0.717) is 17.7 Å². The van der Waals surface area contributed by atoms with Crippen molar-refractivity contribution >= 4 is 12.0 Å². The Balaban J connectivity index is 2.44. The Morgan fingerprint density at radius 2 is 1.88 bits per heavy atom. The number of phenols is 1. The summed E-state index contributed by atoms with van der Waals surface area (Å²) in [5.41, 5.74) is 0.346. The molecule has 142 valence electrons. The number of carbonyl (C=O) groups is 1. The number of carbonyl (C=O) groups excluding carboxylic acids is 1. The van der Waals surface area contributed by atoms with Crippen LogP contribution in [0.3, 0.4) is 0 Å². The number of benzene rings is 1. The normalized spacial score (nSPS) is 29.8. The molecule has 0 aliphatic carbocycles. The van der Waals surface area contributed by atoms with Gasteiger partial charge in [-0.15, -0.1) is 0 Å². The summed E-state index contributed by atoms with van der Waals surface area (Å²) in [7, 11) is 1.43. The number of esters is 1. The Bertz CT molecular complexity index is 695. The minimum absolute atomic E-state index is 0.00925. The van der Waals surface area contributed by atoms with E-state index in [0.717, 1.165) is 0 Å². The number of hydrogen-bond donors (Lipinski definition) is 4. The minimum atomic E-state index is -1.35. The third-order valence-corrected chi connectivity index (χ3v) is 4.09. The zero-order chi connectivity index (χ0) is 19.3. The molecule has 26 heavy (non-hydrogen) atoms. The molecular formula is C19H24O7. The summed E-state index contributed by atoms with van der Waals surface area (Å²) in [6.45, 7) is 1.67. The van der Waals surface area contributed by atoms with Crippen molar-refractivity contribution in [2.45, 2.75) is 44.2 Å². The summed E-state index contributed by atoms with van der Waals surface area (Å²) in [5.74, 6) is -0.615. The molecule has 7 heteroatoms. The molecule has 0 radical (unpaired) electrons. The van der Waals surface area contributed by atoms with Gasteiger partial charge in [-0.05, 0) is 25.0 Å². The first-order chi connectivity index (χ1) is 12.3. The first-order valence-corrected chi connectivity index (χ1v) is 8.32. The van der Waals surface area contributed by atoms with Gasteiger partial charge in [-0.2, -0.15) is 0 Å². The van der Waals surface area contributed by atoms with Crippen LogP contribution in [-0.4, -0.2) is 57.9 Å². The average molecular weight is 364 g/mol. The molecule has 0 spiro atoms. The molecule has 1 aliphatic heterocycles. The number of phenolic OH excluding ortho intramolecular Hbond substituents is 1. The standard InChI is InChI=1S/C19H24O7/c1-11-5-3-7-14(20)18(23)15(21)8-4-6-12-9-13(25-2)10-16(22)17(12)19(24)26-11/h3-4,6-7,9-11,14-15,18,20-23H,5,8H2,1-2H3/b6-4+,7-3-/t11-,14-,15-,18+/m1/s1. The number of cyclic esters (lactones) is 1. The highest BCUT2D eigenvalue weighted by atomic mass is 16.5. The van der Waals surface area contributed by atoms with Crippen molar-refractivity contribution in [2.24, 2.45) is 0 Å². The number of aromatic hydroxyl groups is 1. The summed E-state index contributed by atoms with van der Waals surface area (Å²) < 4.78 is 10.4. The lowest BCUT2D eigenvalue weighted by atomic mass is 10.0. The molecule has 0 bridgehead atoms. The van der Waals surface area contributed by atoms with Crippen molar-refractivity contribution in [3.05, 3.63) is 41.5 Å². The Kier molecular flexibility index (Phi) is 6.79. The van der Waals surface area contributed by atoms with Crippen molar-refractivity contribution < 1.29 is 34.7 Å². The smallest absolute Gasteiger partial charge is 0.342 e. The van der Waals surface area contributed by atoms with Crippen LogP contribution in [0.25, 0.3) is 6.08 Å². The van der Waals surface area contributed by atoms with Crippen LogP contribution >= 0.6 is 0 Å². The molecule has 1 aromatic carbocycles. The maximum atomic E-state index is 12.5. The highest BCUT2D eigenvalue weighted by molar-refractivity contribution is 5.97. The van der Waals surface area contributed by atoms with Crippen LogP contribution in [0, 0.1) is 0 Å². The van der Waals surface area contributed by atoms with Crippen LogP contribution in [0.15, 0.2) is 30.4 Å². The van der Waals surface area contributed by atoms with E-state index in [1.807, 2.05) is 0 Å². The van der Waals surface area contributed by atoms with E-state index >= 15 is 0 Å². The molecule has 0 amide bonds. The molecule has 7 nitrogen and oxygen atoms in total. The zero-order valence-corrected chi connectivity index (χ0v) is 14.7. The molecular weight excluding hydrogens is 340 g/mol. The van der Waals surface area contributed by atoms with Gasteiger partial charge in [-0.3, -0.25) is 0 Å². The molecule has 1 aromatic rings. The lowest BCUT2D eigenvalue weighted by Gasteiger charge is -2.20. The SMILES string of the molecule is COc1cc(O)c2c(c1)/C=C/C[C@@H](O)[C@@H](O)[C@H](O)/C=C\C[C@@H](C)OC2=O. The van der Waals surface area contributed by atoms with Gasteiger partial charge in [0.2, 0.25) is 0 Å². The molecule has 4 atom stereocenters. The van der Waals surface area contributed by atoms with Gasteiger partial charge in [0.15, 0.2) is 0 Å². The van der Waals surface area contributed by atoms with Gasteiger partial charge in [-0.1, -0.05) is 24.3 Å². The number of ether oxygens (including phenoxy) is 2. The molecule has 2 rings (SSSR count). The molecule has 0 unspecified atom stereocenters. The number of rotatable bonds is 1. The number of aliphatic hydroxyl groups excluding tert-OH is 3. The van der Waals surface area contributed by atoms with Crippen LogP contribution in [0.5, 0.6) is 11.5 Å². The molecule has 0 fully saturated rings. The Morgan fingerprint density at radius 1 is 1.15 bits per heavy atom. The highest BCUT2D eigenvalue weighted by Gasteiger charge is 2.23. The Hall–Kier alpha value is -2.35. The van der Waals surface area contributed by atoms with Crippen LogP contribution < -0.4 is 4.74 Å².